The molecule has 0 aliphatic carbocycles. The first kappa shape index (κ1) is 10.6. The van der Waals surface area contributed by atoms with Crippen LogP contribution in [0.4, 0.5) is 0 Å². The highest BCUT2D eigenvalue weighted by molar-refractivity contribution is 5.72. The highest BCUT2D eigenvalue weighted by Crippen LogP contribution is 2.35. The molecular weight excluding hydrogens is 200 g/mol. The van der Waals surface area contributed by atoms with Gasteiger partial charge in [-0.15, -0.1) is 0 Å². The van der Waals surface area contributed by atoms with Gasteiger partial charge in [0.2, 0.25) is 0 Å². The second-order valence-electron chi connectivity index (χ2n) is 3.98. The zero-order chi connectivity index (χ0) is 11.7. The van der Waals surface area contributed by atoms with E-state index in [4.69, 9.17) is 0 Å². The van der Waals surface area contributed by atoms with Crippen molar-refractivity contribution in [3.63, 3.8) is 0 Å². The summed E-state index contributed by atoms with van der Waals surface area (Å²) >= 11 is 0. The summed E-state index contributed by atoms with van der Waals surface area (Å²) in [5.41, 5.74) is 3.86. The molecule has 2 aromatic rings. The second kappa shape index (κ2) is 3.89. The van der Waals surface area contributed by atoms with E-state index in [0.29, 0.717) is 5.56 Å². The molecule has 0 bridgehead atoms. The maximum atomic E-state index is 9.67. The number of hydrogen-bond acceptors (Lipinski definition) is 2. The first-order valence-corrected chi connectivity index (χ1v) is 5.18. The monoisotopic (exact) mass is 214 g/mol. The van der Waals surface area contributed by atoms with Crippen LogP contribution in [0.25, 0.3) is 11.1 Å². The molecule has 82 valence electrons. The Morgan fingerprint density at radius 1 is 0.938 bits per heavy atom. The fourth-order valence-corrected chi connectivity index (χ4v) is 1.81. The number of aryl methyl sites for hydroxylation is 1. The molecule has 2 aromatic carbocycles. The summed E-state index contributed by atoms with van der Waals surface area (Å²) in [6.45, 7) is 3.83. The van der Waals surface area contributed by atoms with Gasteiger partial charge in [-0.3, -0.25) is 0 Å². The van der Waals surface area contributed by atoms with E-state index in [2.05, 4.69) is 6.07 Å². The van der Waals surface area contributed by atoms with Crippen LogP contribution in [0.5, 0.6) is 11.5 Å². The van der Waals surface area contributed by atoms with E-state index in [1.807, 2.05) is 31.2 Å². The van der Waals surface area contributed by atoms with Crippen LogP contribution in [0.2, 0.25) is 0 Å². The topological polar surface area (TPSA) is 40.5 Å². The molecule has 0 unspecified atom stereocenters. The highest BCUT2D eigenvalue weighted by Gasteiger charge is 2.09. The second-order valence-corrected chi connectivity index (χ2v) is 3.98. The summed E-state index contributed by atoms with van der Waals surface area (Å²) in [5.74, 6) is -0.118. The lowest BCUT2D eigenvalue weighted by atomic mass is 9.98. The predicted octanol–water partition coefficient (Wildman–Crippen LogP) is 3.38. The van der Waals surface area contributed by atoms with Gasteiger partial charge >= 0.3 is 0 Å². The van der Waals surface area contributed by atoms with Gasteiger partial charge in [0, 0.05) is 5.56 Å². The van der Waals surface area contributed by atoms with Gasteiger partial charge in [0.25, 0.3) is 0 Å². The van der Waals surface area contributed by atoms with Crippen molar-refractivity contribution < 1.29 is 10.2 Å². The molecular formula is C14H14O2. The fraction of sp³-hybridized carbons (Fsp3) is 0.143. The Morgan fingerprint density at radius 2 is 1.69 bits per heavy atom. The number of phenolic OH excluding ortho intramolecular Hbond substituents is 2. The summed E-state index contributed by atoms with van der Waals surface area (Å²) in [7, 11) is 0. The average Bonchev–Trinajstić information content (AvgIpc) is 2.26. The highest BCUT2D eigenvalue weighted by atomic mass is 16.3. The zero-order valence-electron chi connectivity index (χ0n) is 9.36. The third kappa shape index (κ3) is 1.74. The first-order chi connectivity index (χ1) is 7.59. The number of aromatic hydroxyl groups is 2. The number of benzene rings is 2. The fourth-order valence-electron chi connectivity index (χ4n) is 1.81. The van der Waals surface area contributed by atoms with Crippen LogP contribution in [0.1, 0.15) is 11.1 Å². The van der Waals surface area contributed by atoms with E-state index >= 15 is 0 Å². The van der Waals surface area contributed by atoms with Gasteiger partial charge < -0.3 is 10.2 Å². The van der Waals surface area contributed by atoms with Crippen LogP contribution in [0.3, 0.4) is 0 Å². The van der Waals surface area contributed by atoms with Crippen LogP contribution in [-0.2, 0) is 0 Å². The van der Waals surface area contributed by atoms with Crippen molar-refractivity contribution in [3.8, 4) is 22.6 Å². The molecule has 0 aliphatic heterocycles. The molecule has 2 nitrogen and oxygen atoms in total. The average molecular weight is 214 g/mol. The summed E-state index contributed by atoms with van der Waals surface area (Å²) in [6, 6.07) is 11.4. The number of hydrogen-bond donors (Lipinski definition) is 2. The zero-order valence-corrected chi connectivity index (χ0v) is 9.36. The van der Waals surface area contributed by atoms with E-state index in [0.717, 1.165) is 11.1 Å². The van der Waals surface area contributed by atoms with Crippen molar-refractivity contribution >= 4 is 0 Å². The van der Waals surface area contributed by atoms with E-state index in [1.54, 1.807) is 6.92 Å². The van der Waals surface area contributed by atoms with E-state index in [9.17, 15) is 10.2 Å². The molecule has 2 heteroatoms. The van der Waals surface area contributed by atoms with Gasteiger partial charge in [0.1, 0.15) is 0 Å². The van der Waals surface area contributed by atoms with Crippen LogP contribution >= 0.6 is 0 Å². The van der Waals surface area contributed by atoms with Crippen LogP contribution in [-0.4, -0.2) is 10.2 Å². The molecule has 0 atom stereocenters. The lowest BCUT2D eigenvalue weighted by Crippen LogP contribution is -1.85. The van der Waals surface area contributed by atoms with Crippen LogP contribution in [0, 0.1) is 13.8 Å². The smallest absolute Gasteiger partial charge is 0.161 e. The molecule has 0 saturated heterocycles. The molecule has 2 N–H and O–H groups in total. The standard InChI is InChI=1S/C14H14O2/c1-9-4-3-5-11(8-9)12-6-7-13(15)14(16)10(12)2/h3-8,15-16H,1-2H3. The first-order valence-electron chi connectivity index (χ1n) is 5.18. The molecule has 0 spiro atoms. The number of phenols is 2. The Kier molecular flexibility index (Phi) is 2.57. The van der Waals surface area contributed by atoms with Crippen molar-refractivity contribution in [2.75, 3.05) is 0 Å². The number of rotatable bonds is 1. The van der Waals surface area contributed by atoms with Crippen molar-refractivity contribution in [1.82, 2.24) is 0 Å². The minimum atomic E-state index is -0.0751. The molecule has 0 saturated carbocycles. The van der Waals surface area contributed by atoms with Crippen molar-refractivity contribution in [2.24, 2.45) is 0 Å². The SMILES string of the molecule is Cc1cccc(-c2ccc(O)c(O)c2C)c1. The van der Waals surface area contributed by atoms with Crippen molar-refractivity contribution in [3.05, 3.63) is 47.5 Å². The Balaban J connectivity index is 2.61. The third-order valence-electron chi connectivity index (χ3n) is 2.74. The predicted molar refractivity (Wildman–Crippen MR) is 64.7 cm³/mol. The molecule has 16 heavy (non-hydrogen) atoms. The van der Waals surface area contributed by atoms with Gasteiger partial charge in [0.15, 0.2) is 11.5 Å². The van der Waals surface area contributed by atoms with Gasteiger partial charge in [0.05, 0.1) is 0 Å². The van der Waals surface area contributed by atoms with Gasteiger partial charge in [-0.1, -0.05) is 35.9 Å². The summed E-state index contributed by atoms with van der Waals surface area (Å²) in [6.07, 6.45) is 0. The Hall–Kier alpha value is -1.96. The summed E-state index contributed by atoms with van der Waals surface area (Å²) < 4.78 is 0. The lowest BCUT2D eigenvalue weighted by molar-refractivity contribution is 0.401. The molecule has 0 aliphatic rings. The minimum Gasteiger partial charge on any atom is -0.504 e. The van der Waals surface area contributed by atoms with Gasteiger partial charge in [-0.2, -0.15) is 0 Å². The van der Waals surface area contributed by atoms with Crippen LogP contribution < -0.4 is 0 Å². The third-order valence-corrected chi connectivity index (χ3v) is 2.74. The Morgan fingerprint density at radius 3 is 2.38 bits per heavy atom. The molecule has 0 aromatic heterocycles. The van der Waals surface area contributed by atoms with E-state index < -0.39 is 0 Å². The Labute approximate surface area is 94.8 Å². The summed E-state index contributed by atoms with van der Waals surface area (Å²) in [5, 5.41) is 19.0. The normalized spacial score (nSPS) is 10.4. The van der Waals surface area contributed by atoms with Gasteiger partial charge in [-0.25, -0.2) is 0 Å². The maximum absolute atomic E-state index is 9.67. The molecule has 0 amide bonds. The molecule has 0 fully saturated rings. The Bertz CT molecular complexity index is 530. The lowest BCUT2D eigenvalue weighted by Gasteiger charge is -2.09. The summed E-state index contributed by atoms with van der Waals surface area (Å²) in [4.78, 5) is 0. The van der Waals surface area contributed by atoms with Gasteiger partial charge in [-0.05, 0) is 31.0 Å². The molecule has 0 heterocycles. The van der Waals surface area contributed by atoms with Crippen LogP contribution in [0.15, 0.2) is 36.4 Å². The maximum Gasteiger partial charge on any atom is 0.161 e. The largest absolute Gasteiger partial charge is 0.504 e. The van der Waals surface area contributed by atoms with E-state index in [1.165, 1.54) is 11.6 Å². The van der Waals surface area contributed by atoms with E-state index in [-0.39, 0.29) is 11.5 Å². The van der Waals surface area contributed by atoms with Crippen molar-refractivity contribution in [1.29, 1.82) is 0 Å². The molecule has 2 rings (SSSR count). The quantitative estimate of drug-likeness (QED) is 0.714. The minimum absolute atomic E-state index is 0.0426. The molecule has 0 radical (unpaired) electrons. The van der Waals surface area contributed by atoms with Crippen molar-refractivity contribution in [2.45, 2.75) is 13.8 Å².